The molecule has 2 nitrogen and oxygen atoms in total. The molecule has 15 heavy (non-hydrogen) atoms. The fourth-order valence-electron chi connectivity index (χ4n) is 1.25. The Hall–Kier alpha value is -0.190. The average molecular weight is 306 g/mol. The van der Waals surface area contributed by atoms with Gasteiger partial charge < -0.3 is 5.32 Å². The highest BCUT2D eigenvalue weighted by Gasteiger charge is 2.14. The van der Waals surface area contributed by atoms with Crippen LogP contribution in [-0.4, -0.2) is 17.0 Å². The van der Waals surface area contributed by atoms with Gasteiger partial charge in [0.2, 0.25) is 0 Å². The van der Waals surface area contributed by atoms with Gasteiger partial charge in [-0.2, -0.15) is 0 Å². The Labute approximate surface area is 107 Å². The third kappa shape index (κ3) is 2.89. The van der Waals surface area contributed by atoms with Crippen LogP contribution in [0.15, 0.2) is 27.7 Å². The third-order valence-corrected chi connectivity index (χ3v) is 3.91. The van der Waals surface area contributed by atoms with Gasteiger partial charge in [-0.3, -0.25) is 4.99 Å². The minimum absolute atomic E-state index is 0.395. The van der Waals surface area contributed by atoms with E-state index in [1.165, 1.54) is 0 Å². The summed E-state index contributed by atoms with van der Waals surface area (Å²) in [5.41, 5.74) is 0.903. The number of anilines is 1. The predicted molar refractivity (Wildman–Crippen MR) is 72.1 cm³/mol. The number of thioether (sulfide) groups is 1. The molecule has 1 heterocycles. The molecule has 80 valence electrons. The summed E-state index contributed by atoms with van der Waals surface area (Å²) in [5, 5.41) is 4.88. The molecule has 1 atom stereocenters. The lowest BCUT2D eigenvalue weighted by Gasteiger charge is -2.07. The zero-order chi connectivity index (χ0) is 10.8. The molecule has 0 saturated carbocycles. The molecule has 1 aliphatic rings. The van der Waals surface area contributed by atoms with Crippen molar-refractivity contribution in [2.45, 2.75) is 13.0 Å². The predicted octanol–water partition coefficient (Wildman–Crippen LogP) is 4.01. The van der Waals surface area contributed by atoms with E-state index >= 15 is 0 Å². The van der Waals surface area contributed by atoms with Crippen LogP contribution in [0.3, 0.4) is 0 Å². The number of halogens is 2. The Bertz CT molecular complexity index is 408. The minimum atomic E-state index is 0.395. The zero-order valence-electron chi connectivity index (χ0n) is 8.13. The summed E-state index contributed by atoms with van der Waals surface area (Å²) in [5.74, 6) is 1.04. The molecule has 0 saturated heterocycles. The summed E-state index contributed by atoms with van der Waals surface area (Å²) in [7, 11) is 0. The molecular formula is C10H10BrClN2S. The molecule has 0 bridgehead atoms. The minimum Gasteiger partial charge on any atom is -0.334 e. The number of nitrogens with one attached hydrogen (secondary N) is 1. The first kappa shape index (κ1) is 11.3. The Morgan fingerprint density at radius 3 is 3.00 bits per heavy atom. The molecule has 1 aromatic rings. The SMILES string of the molecule is CC1CSC(Nc2ccc(Br)cc2Cl)=N1. The zero-order valence-corrected chi connectivity index (χ0v) is 11.3. The molecule has 0 aromatic heterocycles. The second-order valence-electron chi connectivity index (χ2n) is 3.34. The van der Waals surface area contributed by atoms with Crippen LogP contribution >= 0.6 is 39.3 Å². The molecule has 1 aromatic carbocycles. The summed E-state index contributed by atoms with van der Waals surface area (Å²) < 4.78 is 0.979. The molecule has 0 radical (unpaired) electrons. The van der Waals surface area contributed by atoms with Crippen LogP contribution in [0.5, 0.6) is 0 Å². The number of nitrogens with zero attached hydrogens (tertiary/aromatic N) is 1. The number of aliphatic imine (C=N–C) groups is 1. The number of hydrogen-bond acceptors (Lipinski definition) is 3. The molecule has 1 aliphatic heterocycles. The summed E-state index contributed by atoms with van der Waals surface area (Å²) in [6, 6.07) is 6.16. The molecule has 2 rings (SSSR count). The lowest BCUT2D eigenvalue weighted by Crippen LogP contribution is -2.05. The second-order valence-corrected chi connectivity index (χ2v) is 5.68. The van der Waals surface area contributed by atoms with Gasteiger partial charge >= 0.3 is 0 Å². The van der Waals surface area contributed by atoms with Crippen molar-refractivity contribution >= 4 is 50.1 Å². The van der Waals surface area contributed by atoms with Crippen molar-refractivity contribution in [2.75, 3.05) is 11.1 Å². The van der Waals surface area contributed by atoms with E-state index in [9.17, 15) is 0 Å². The van der Waals surface area contributed by atoms with Gasteiger partial charge in [-0.1, -0.05) is 39.3 Å². The van der Waals surface area contributed by atoms with Gasteiger partial charge in [-0.05, 0) is 25.1 Å². The van der Waals surface area contributed by atoms with Crippen molar-refractivity contribution in [2.24, 2.45) is 4.99 Å². The van der Waals surface area contributed by atoms with Crippen molar-refractivity contribution in [1.82, 2.24) is 0 Å². The maximum Gasteiger partial charge on any atom is 0.161 e. The highest BCUT2D eigenvalue weighted by atomic mass is 79.9. The fraction of sp³-hybridized carbons (Fsp3) is 0.300. The first-order valence-corrected chi connectivity index (χ1v) is 6.73. The Balaban J connectivity index is 2.14. The summed E-state index contributed by atoms with van der Waals surface area (Å²) >= 11 is 11.2. The summed E-state index contributed by atoms with van der Waals surface area (Å²) in [4.78, 5) is 4.45. The van der Waals surface area contributed by atoms with Crippen LogP contribution in [0.1, 0.15) is 6.92 Å². The lowest BCUT2D eigenvalue weighted by atomic mass is 10.3. The monoisotopic (exact) mass is 304 g/mol. The Morgan fingerprint density at radius 1 is 1.60 bits per heavy atom. The fourth-order valence-corrected chi connectivity index (χ4v) is 2.88. The van der Waals surface area contributed by atoms with Crippen molar-refractivity contribution in [3.63, 3.8) is 0 Å². The number of hydrogen-bond donors (Lipinski definition) is 1. The van der Waals surface area contributed by atoms with Crippen LogP contribution in [0.4, 0.5) is 5.69 Å². The molecule has 0 spiro atoms. The second kappa shape index (κ2) is 4.76. The standard InChI is InChI=1S/C10H10BrClN2S/c1-6-5-15-10(13-6)14-9-3-2-7(11)4-8(9)12/h2-4,6H,5H2,1H3,(H,13,14). The van der Waals surface area contributed by atoms with Gasteiger partial charge in [0.25, 0.3) is 0 Å². The van der Waals surface area contributed by atoms with Crippen LogP contribution < -0.4 is 5.32 Å². The molecule has 0 fully saturated rings. The molecule has 5 heteroatoms. The topological polar surface area (TPSA) is 24.4 Å². The average Bonchev–Trinajstić information content (AvgIpc) is 2.56. The third-order valence-electron chi connectivity index (χ3n) is 1.97. The summed E-state index contributed by atoms with van der Waals surface area (Å²) in [6.07, 6.45) is 0. The van der Waals surface area contributed by atoms with E-state index in [0.29, 0.717) is 11.1 Å². The largest absolute Gasteiger partial charge is 0.334 e. The van der Waals surface area contributed by atoms with Crippen molar-refractivity contribution in [1.29, 1.82) is 0 Å². The van der Waals surface area contributed by atoms with Gasteiger partial charge in [0.1, 0.15) is 0 Å². The molecule has 1 unspecified atom stereocenters. The number of benzene rings is 1. The van der Waals surface area contributed by atoms with Gasteiger partial charge in [0.05, 0.1) is 16.8 Å². The summed E-state index contributed by atoms with van der Waals surface area (Å²) in [6.45, 7) is 2.10. The Morgan fingerprint density at radius 2 is 2.40 bits per heavy atom. The van der Waals surface area contributed by atoms with E-state index in [1.807, 2.05) is 18.2 Å². The van der Waals surface area contributed by atoms with E-state index in [4.69, 9.17) is 11.6 Å². The maximum atomic E-state index is 6.09. The molecule has 0 aliphatic carbocycles. The van der Waals surface area contributed by atoms with E-state index < -0.39 is 0 Å². The maximum absolute atomic E-state index is 6.09. The van der Waals surface area contributed by atoms with Crippen molar-refractivity contribution in [3.05, 3.63) is 27.7 Å². The highest BCUT2D eigenvalue weighted by molar-refractivity contribution is 9.10. The van der Waals surface area contributed by atoms with Crippen LogP contribution in [0, 0.1) is 0 Å². The van der Waals surface area contributed by atoms with E-state index in [1.54, 1.807) is 11.8 Å². The van der Waals surface area contributed by atoms with Crippen LogP contribution in [0.2, 0.25) is 5.02 Å². The van der Waals surface area contributed by atoms with E-state index in [-0.39, 0.29) is 0 Å². The van der Waals surface area contributed by atoms with Crippen LogP contribution in [-0.2, 0) is 0 Å². The van der Waals surface area contributed by atoms with E-state index in [2.05, 4.69) is 33.2 Å². The lowest BCUT2D eigenvalue weighted by molar-refractivity contribution is 0.865. The van der Waals surface area contributed by atoms with E-state index in [0.717, 1.165) is 21.1 Å². The highest BCUT2D eigenvalue weighted by Crippen LogP contribution is 2.28. The van der Waals surface area contributed by atoms with Gasteiger partial charge in [-0.15, -0.1) is 0 Å². The quantitative estimate of drug-likeness (QED) is 0.848. The normalized spacial score (nSPS) is 20.2. The molecule has 1 N–H and O–H groups in total. The van der Waals surface area contributed by atoms with Crippen molar-refractivity contribution < 1.29 is 0 Å². The smallest absolute Gasteiger partial charge is 0.161 e. The first-order valence-electron chi connectivity index (χ1n) is 4.58. The van der Waals surface area contributed by atoms with Gasteiger partial charge in [-0.25, -0.2) is 0 Å². The molecular weight excluding hydrogens is 296 g/mol. The number of rotatable bonds is 1. The van der Waals surface area contributed by atoms with Crippen LogP contribution in [0.25, 0.3) is 0 Å². The van der Waals surface area contributed by atoms with Gasteiger partial charge in [0.15, 0.2) is 5.17 Å². The Kier molecular flexibility index (Phi) is 3.59. The van der Waals surface area contributed by atoms with Gasteiger partial charge in [0, 0.05) is 10.2 Å². The molecule has 0 amide bonds. The van der Waals surface area contributed by atoms with Crippen molar-refractivity contribution in [3.8, 4) is 0 Å². The number of amidine groups is 1. The first-order chi connectivity index (χ1) is 7.15.